The first-order valence-corrected chi connectivity index (χ1v) is 7.41. The van der Waals surface area contributed by atoms with E-state index in [1.807, 2.05) is 12.1 Å². The lowest BCUT2D eigenvalue weighted by molar-refractivity contribution is -0.696. The number of benzene rings is 1. The minimum atomic E-state index is -0.303. The second-order valence-corrected chi connectivity index (χ2v) is 5.28. The monoisotopic (exact) mass is 297 g/mol. The molecule has 0 spiro atoms. The molecule has 0 atom stereocenters. The van der Waals surface area contributed by atoms with Gasteiger partial charge < -0.3 is 14.5 Å². The van der Waals surface area contributed by atoms with Crippen LogP contribution in [0.4, 0.5) is 0 Å². The van der Waals surface area contributed by atoms with Gasteiger partial charge in [0.2, 0.25) is 0 Å². The summed E-state index contributed by atoms with van der Waals surface area (Å²) in [5, 5.41) is 1.30. The van der Waals surface area contributed by atoms with Crippen molar-refractivity contribution in [3.63, 3.8) is 0 Å². The van der Waals surface area contributed by atoms with Crippen molar-refractivity contribution in [3.8, 4) is 0 Å². The van der Waals surface area contributed by atoms with E-state index in [9.17, 15) is 0 Å². The molecule has 0 radical (unpaired) electrons. The zero-order chi connectivity index (χ0) is 15.4. The van der Waals surface area contributed by atoms with Gasteiger partial charge in [0.25, 0.3) is 0 Å². The van der Waals surface area contributed by atoms with E-state index in [1.54, 1.807) is 14.2 Å². The van der Waals surface area contributed by atoms with Gasteiger partial charge in [0.05, 0.1) is 0 Å². The van der Waals surface area contributed by atoms with Gasteiger partial charge >= 0.3 is 0 Å². The first-order chi connectivity index (χ1) is 10.8. The molecule has 1 N–H and O–H groups in total. The minimum absolute atomic E-state index is 0.303. The molecule has 0 aliphatic heterocycles. The second-order valence-electron chi connectivity index (χ2n) is 5.28. The number of ether oxygens (including phenoxy) is 2. The molecule has 3 rings (SSSR count). The minimum Gasteiger partial charge on any atom is -0.361 e. The van der Waals surface area contributed by atoms with Crippen molar-refractivity contribution in [2.75, 3.05) is 14.2 Å². The summed E-state index contributed by atoms with van der Waals surface area (Å²) in [5.41, 5.74) is 3.56. The second kappa shape index (κ2) is 6.73. The smallest absolute Gasteiger partial charge is 0.183 e. The van der Waals surface area contributed by atoms with Gasteiger partial charge in [0, 0.05) is 55.4 Å². The zero-order valence-electron chi connectivity index (χ0n) is 13.0. The number of hydrogen-bond acceptors (Lipinski definition) is 2. The Labute approximate surface area is 130 Å². The number of H-pyrrole nitrogens is 1. The molecule has 0 fully saturated rings. The number of nitrogens with zero attached hydrogens (tertiary/aromatic N) is 1. The van der Waals surface area contributed by atoms with E-state index in [0.29, 0.717) is 0 Å². The summed E-state index contributed by atoms with van der Waals surface area (Å²) < 4.78 is 12.7. The number of fused-ring (bicyclic) bond motifs is 1. The van der Waals surface area contributed by atoms with Crippen LogP contribution in [0.15, 0.2) is 55.0 Å². The highest BCUT2D eigenvalue weighted by molar-refractivity contribution is 5.82. The van der Waals surface area contributed by atoms with Crippen molar-refractivity contribution in [2.45, 2.75) is 19.3 Å². The Morgan fingerprint density at radius 2 is 1.77 bits per heavy atom. The fraction of sp³-hybridized carbons (Fsp3) is 0.278. The van der Waals surface area contributed by atoms with E-state index in [0.717, 1.165) is 18.5 Å². The lowest BCUT2D eigenvalue weighted by Gasteiger charge is -2.12. The number of hydrogen-bond donors (Lipinski definition) is 1. The molecule has 0 aliphatic rings. The van der Waals surface area contributed by atoms with Crippen LogP contribution < -0.4 is 4.57 Å². The molecule has 0 aliphatic carbocycles. The van der Waals surface area contributed by atoms with Gasteiger partial charge in [-0.2, -0.15) is 0 Å². The molecule has 0 bridgehead atoms. The number of nitrogens with one attached hydrogen (secondary N) is 1. The molecule has 4 nitrogen and oxygen atoms in total. The standard InChI is InChI=1S/C18H21N2O2/c1-21-18(22-2)14-7-10-20(11-8-14)12-9-15-13-19-17-6-4-3-5-16(15)17/h3-8,10-11,13,18-19H,9,12H2,1-2H3/q+1. The predicted molar refractivity (Wildman–Crippen MR) is 85.4 cm³/mol. The zero-order valence-corrected chi connectivity index (χ0v) is 13.0. The van der Waals surface area contributed by atoms with E-state index in [2.05, 4.69) is 52.4 Å². The van der Waals surface area contributed by atoms with Crippen LogP contribution in [0.1, 0.15) is 17.4 Å². The van der Waals surface area contributed by atoms with Crippen LogP contribution >= 0.6 is 0 Å². The Bertz CT molecular complexity index is 730. The number of aryl methyl sites for hydroxylation is 2. The maximum absolute atomic E-state index is 5.26. The number of aromatic nitrogens is 2. The van der Waals surface area contributed by atoms with Crippen LogP contribution in [0.25, 0.3) is 10.9 Å². The summed E-state index contributed by atoms with van der Waals surface area (Å²) in [4.78, 5) is 3.32. The summed E-state index contributed by atoms with van der Waals surface area (Å²) in [6, 6.07) is 12.5. The fourth-order valence-corrected chi connectivity index (χ4v) is 2.73. The quantitative estimate of drug-likeness (QED) is 0.561. The largest absolute Gasteiger partial charge is 0.361 e. The van der Waals surface area contributed by atoms with Gasteiger partial charge in [-0.1, -0.05) is 18.2 Å². The Morgan fingerprint density at radius 1 is 1.05 bits per heavy atom. The molecule has 2 aromatic heterocycles. The number of rotatable bonds is 6. The molecule has 1 aromatic carbocycles. The summed E-state index contributed by atoms with van der Waals surface area (Å²) in [6.07, 6.45) is 6.92. The highest BCUT2D eigenvalue weighted by Gasteiger charge is 2.11. The third-order valence-electron chi connectivity index (χ3n) is 3.93. The molecule has 114 valence electrons. The molecule has 2 heterocycles. The first kappa shape index (κ1) is 14.8. The maximum atomic E-state index is 5.26. The molecule has 4 heteroatoms. The molecule has 3 aromatic rings. The van der Waals surface area contributed by atoms with Crippen molar-refractivity contribution < 1.29 is 14.0 Å². The molecule has 0 unspecified atom stereocenters. The van der Waals surface area contributed by atoms with Crippen molar-refractivity contribution in [2.24, 2.45) is 0 Å². The molecule has 0 saturated carbocycles. The lowest BCUT2D eigenvalue weighted by Crippen LogP contribution is -2.33. The average molecular weight is 297 g/mol. The molecule has 0 saturated heterocycles. The van der Waals surface area contributed by atoms with Gasteiger partial charge in [-0.05, 0) is 11.6 Å². The van der Waals surface area contributed by atoms with Gasteiger partial charge in [-0.25, -0.2) is 4.57 Å². The number of methoxy groups -OCH3 is 2. The topological polar surface area (TPSA) is 38.1 Å². The summed E-state index contributed by atoms with van der Waals surface area (Å²) in [7, 11) is 3.29. The van der Waals surface area contributed by atoms with E-state index < -0.39 is 0 Å². The van der Waals surface area contributed by atoms with Crippen LogP contribution in [0, 0.1) is 0 Å². The van der Waals surface area contributed by atoms with E-state index in [-0.39, 0.29) is 6.29 Å². The third-order valence-corrected chi connectivity index (χ3v) is 3.93. The van der Waals surface area contributed by atoms with E-state index in [4.69, 9.17) is 9.47 Å². The van der Waals surface area contributed by atoms with Gasteiger partial charge in [-0.15, -0.1) is 0 Å². The molecule has 0 amide bonds. The SMILES string of the molecule is COC(OC)c1cc[n+](CCc2c[nH]c3ccccc23)cc1. The number of aromatic amines is 1. The normalized spacial score (nSPS) is 11.4. The van der Waals surface area contributed by atoms with E-state index in [1.165, 1.54) is 16.5 Å². The number of para-hydroxylation sites is 1. The van der Waals surface area contributed by atoms with Crippen LogP contribution in [0.5, 0.6) is 0 Å². The predicted octanol–water partition coefficient (Wildman–Crippen LogP) is 2.99. The summed E-state index contributed by atoms with van der Waals surface area (Å²) in [6.45, 7) is 0.937. The van der Waals surface area contributed by atoms with Crippen molar-refractivity contribution in [1.29, 1.82) is 0 Å². The molecular weight excluding hydrogens is 276 g/mol. The Hall–Kier alpha value is -2.17. The summed E-state index contributed by atoms with van der Waals surface area (Å²) >= 11 is 0. The van der Waals surface area contributed by atoms with Crippen LogP contribution in [-0.2, 0) is 22.4 Å². The number of pyridine rings is 1. The van der Waals surface area contributed by atoms with Crippen LogP contribution in [-0.4, -0.2) is 19.2 Å². The highest BCUT2D eigenvalue weighted by atomic mass is 16.7. The molecule has 22 heavy (non-hydrogen) atoms. The Kier molecular flexibility index (Phi) is 4.51. The molecular formula is C18H21N2O2+. The van der Waals surface area contributed by atoms with Gasteiger partial charge in [0.15, 0.2) is 25.2 Å². The van der Waals surface area contributed by atoms with Crippen molar-refractivity contribution in [1.82, 2.24) is 4.98 Å². The average Bonchev–Trinajstić information content (AvgIpc) is 2.98. The van der Waals surface area contributed by atoms with Gasteiger partial charge in [0.1, 0.15) is 0 Å². The fourth-order valence-electron chi connectivity index (χ4n) is 2.73. The third kappa shape index (κ3) is 3.03. The Morgan fingerprint density at radius 3 is 2.50 bits per heavy atom. The Balaban J connectivity index is 1.69. The van der Waals surface area contributed by atoms with Crippen molar-refractivity contribution in [3.05, 3.63) is 66.1 Å². The van der Waals surface area contributed by atoms with Crippen LogP contribution in [0.3, 0.4) is 0 Å². The van der Waals surface area contributed by atoms with Gasteiger partial charge in [-0.3, -0.25) is 0 Å². The van der Waals surface area contributed by atoms with E-state index >= 15 is 0 Å². The first-order valence-electron chi connectivity index (χ1n) is 7.41. The maximum Gasteiger partial charge on any atom is 0.183 e. The van der Waals surface area contributed by atoms with Crippen molar-refractivity contribution >= 4 is 10.9 Å². The highest BCUT2D eigenvalue weighted by Crippen LogP contribution is 2.18. The lowest BCUT2D eigenvalue weighted by atomic mass is 10.1. The van der Waals surface area contributed by atoms with Crippen LogP contribution in [0.2, 0.25) is 0 Å². The summed E-state index contributed by atoms with van der Waals surface area (Å²) in [5.74, 6) is 0.